The molecule has 4 rings (SSSR count). The van der Waals surface area contributed by atoms with Crippen molar-refractivity contribution in [2.45, 2.75) is 38.6 Å². The van der Waals surface area contributed by atoms with Crippen LogP contribution in [0.4, 0.5) is 0 Å². The van der Waals surface area contributed by atoms with Gasteiger partial charge in [-0.05, 0) is 41.7 Å². The van der Waals surface area contributed by atoms with Crippen LogP contribution in [0, 0.1) is 0 Å². The molecule has 0 bridgehead atoms. The summed E-state index contributed by atoms with van der Waals surface area (Å²) in [5, 5.41) is 4.98. The molecule has 0 saturated carbocycles. The molecule has 3 nitrogen and oxygen atoms in total. The zero-order chi connectivity index (χ0) is 21.8. The van der Waals surface area contributed by atoms with Crippen molar-refractivity contribution in [1.29, 1.82) is 0 Å². The van der Waals surface area contributed by atoms with Gasteiger partial charge in [-0.3, -0.25) is 4.79 Å². The molecular weight excluding hydrogens is 404 g/mol. The summed E-state index contributed by atoms with van der Waals surface area (Å²) in [6, 6.07) is 24.1. The largest absolute Gasteiger partial charge is 0.361 e. The van der Waals surface area contributed by atoms with Crippen molar-refractivity contribution in [2.75, 3.05) is 0 Å². The minimum atomic E-state index is -0.141. The number of amides is 1. The molecule has 1 aromatic heterocycles. The van der Waals surface area contributed by atoms with Gasteiger partial charge in [-0.1, -0.05) is 85.3 Å². The predicted octanol–water partition coefficient (Wildman–Crippen LogP) is 6.78. The number of halogens is 1. The van der Waals surface area contributed by atoms with Crippen LogP contribution in [0.25, 0.3) is 10.9 Å². The summed E-state index contributed by atoms with van der Waals surface area (Å²) in [6.07, 6.45) is 3.30. The highest BCUT2D eigenvalue weighted by molar-refractivity contribution is 6.31. The van der Waals surface area contributed by atoms with Crippen LogP contribution in [0.2, 0.25) is 5.02 Å². The van der Waals surface area contributed by atoms with Gasteiger partial charge in [0, 0.05) is 34.5 Å². The van der Waals surface area contributed by atoms with Crippen LogP contribution in [-0.4, -0.2) is 10.9 Å². The molecule has 0 fully saturated rings. The summed E-state index contributed by atoms with van der Waals surface area (Å²) in [6.45, 7) is 4.16. The molecule has 31 heavy (non-hydrogen) atoms. The Hall–Kier alpha value is -3.04. The number of carbonyl (C=O) groups excluding carboxylic acids is 1. The number of para-hydroxylation sites is 1. The minimum Gasteiger partial charge on any atom is -0.361 e. The average molecular weight is 431 g/mol. The average Bonchev–Trinajstić information content (AvgIpc) is 3.22. The molecule has 0 aliphatic carbocycles. The lowest BCUT2D eigenvalue weighted by atomic mass is 9.87. The van der Waals surface area contributed by atoms with Crippen molar-refractivity contribution in [3.8, 4) is 0 Å². The number of hydrogen-bond acceptors (Lipinski definition) is 1. The van der Waals surface area contributed by atoms with E-state index in [1.165, 1.54) is 5.56 Å². The van der Waals surface area contributed by atoms with E-state index >= 15 is 0 Å². The summed E-state index contributed by atoms with van der Waals surface area (Å²) >= 11 is 6.59. The monoisotopic (exact) mass is 430 g/mol. The van der Waals surface area contributed by atoms with Crippen molar-refractivity contribution in [3.63, 3.8) is 0 Å². The van der Waals surface area contributed by atoms with Gasteiger partial charge in [-0.25, -0.2) is 0 Å². The molecule has 0 aliphatic heterocycles. The molecule has 3 aromatic carbocycles. The molecule has 4 aromatic rings. The quantitative estimate of drug-likeness (QED) is 0.333. The first-order valence-corrected chi connectivity index (χ1v) is 11.1. The number of fused-ring (bicyclic) bond motifs is 1. The molecule has 0 saturated heterocycles. The second-order valence-corrected chi connectivity index (χ2v) is 8.32. The first-order valence-electron chi connectivity index (χ1n) is 10.8. The normalized spacial score (nSPS) is 13.1. The molecule has 2 N–H and O–H groups in total. The number of H-pyrrole nitrogens is 1. The van der Waals surface area contributed by atoms with Gasteiger partial charge >= 0.3 is 0 Å². The summed E-state index contributed by atoms with van der Waals surface area (Å²) < 4.78 is 0. The maximum absolute atomic E-state index is 13.1. The van der Waals surface area contributed by atoms with E-state index < -0.39 is 0 Å². The van der Waals surface area contributed by atoms with Gasteiger partial charge < -0.3 is 10.3 Å². The summed E-state index contributed by atoms with van der Waals surface area (Å²) in [5.41, 5.74) is 5.55. The van der Waals surface area contributed by atoms with E-state index in [4.69, 9.17) is 11.6 Å². The Bertz CT molecular complexity index is 1180. The molecule has 1 heterocycles. The van der Waals surface area contributed by atoms with Gasteiger partial charge in [0.1, 0.15) is 0 Å². The lowest BCUT2D eigenvalue weighted by Crippen LogP contribution is -2.28. The molecule has 0 aliphatic rings. The van der Waals surface area contributed by atoms with E-state index in [0.29, 0.717) is 11.4 Å². The van der Waals surface area contributed by atoms with Gasteiger partial charge in [-0.15, -0.1) is 0 Å². The van der Waals surface area contributed by atoms with Gasteiger partial charge in [0.25, 0.3) is 0 Å². The lowest BCUT2D eigenvalue weighted by Gasteiger charge is -2.20. The highest BCUT2D eigenvalue weighted by atomic mass is 35.5. The van der Waals surface area contributed by atoms with Gasteiger partial charge in [0.05, 0.1) is 6.04 Å². The molecule has 1 amide bonds. The van der Waals surface area contributed by atoms with E-state index in [1.807, 2.05) is 67.7 Å². The third-order valence-electron chi connectivity index (χ3n) is 5.94. The highest BCUT2D eigenvalue weighted by Crippen LogP contribution is 2.37. The summed E-state index contributed by atoms with van der Waals surface area (Å²) in [7, 11) is 0. The number of aromatic amines is 1. The number of hydrogen-bond donors (Lipinski definition) is 2. The Morgan fingerprint density at radius 3 is 2.45 bits per heavy atom. The standard InChI is InChI=1S/C27H27ClN2O/c1-3-19-12-9-14-22-24(17-29-27(19)22)23(21-13-7-8-15-25(21)28)16-26(31)30-18(2)20-10-5-4-6-11-20/h4-15,17-18,23,29H,3,16H2,1-2H3,(H,30,31)/t18-,23-/m0/s1. The van der Waals surface area contributed by atoms with E-state index in [0.717, 1.165) is 34.0 Å². The van der Waals surface area contributed by atoms with Gasteiger partial charge in [-0.2, -0.15) is 0 Å². The van der Waals surface area contributed by atoms with Crippen LogP contribution < -0.4 is 5.32 Å². The fourth-order valence-corrected chi connectivity index (χ4v) is 4.55. The SMILES string of the molecule is CCc1cccc2c([C@@H](CC(=O)N[C@@H](C)c3ccccc3)c3ccccc3Cl)c[nH]c12. The lowest BCUT2D eigenvalue weighted by molar-refractivity contribution is -0.121. The third kappa shape index (κ3) is 4.52. The van der Waals surface area contributed by atoms with Crippen molar-refractivity contribution < 1.29 is 4.79 Å². The topological polar surface area (TPSA) is 44.9 Å². The zero-order valence-corrected chi connectivity index (χ0v) is 18.6. The van der Waals surface area contributed by atoms with Crippen molar-refractivity contribution in [2.24, 2.45) is 0 Å². The smallest absolute Gasteiger partial charge is 0.221 e. The van der Waals surface area contributed by atoms with Crippen LogP contribution in [0.3, 0.4) is 0 Å². The first-order chi connectivity index (χ1) is 15.1. The van der Waals surface area contributed by atoms with E-state index in [2.05, 4.69) is 35.4 Å². The fraction of sp³-hybridized carbons (Fsp3) is 0.222. The highest BCUT2D eigenvalue weighted by Gasteiger charge is 2.24. The first kappa shape index (κ1) is 21.2. The Morgan fingerprint density at radius 1 is 0.968 bits per heavy atom. The molecule has 0 spiro atoms. The van der Waals surface area contributed by atoms with Crippen LogP contribution >= 0.6 is 11.6 Å². The maximum atomic E-state index is 13.1. The Morgan fingerprint density at radius 2 is 1.71 bits per heavy atom. The van der Waals surface area contributed by atoms with Crippen molar-refractivity contribution in [1.82, 2.24) is 10.3 Å². The van der Waals surface area contributed by atoms with Crippen LogP contribution in [0.5, 0.6) is 0 Å². The number of aromatic nitrogens is 1. The van der Waals surface area contributed by atoms with Gasteiger partial charge in [0.2, 0.25) is 5.91 Å². The van der Waals surface area contributed by atoms with Crippen LogP contribution in [0.1, 0.15) is 54.5 Å². The Kier molecular flexibility index (Phi) is 6.43. The maximum Gasteiger partial charge on any atom is 0.221 e. The Balaban J connectivity index is 1.68. The Labute approximate surface area is 188 Å². The zero-order valence-electron chi connectivity index (χ0n) is 17.9. The molecular formula is C27H27ClN2O. The number of nitrogens with one attached hydrogen (secondary N) is 2. The number of carbonyl (C=O) groups is 1. The van der Waals surface area contributed by atoms with E-state index in [-0.39, 0.29) is 17.9 Å². The molecule has 158 valence electrons. The summed E-state index contributed by atoms with van der Waals surface area (Å²) in [4.78, 5) is 16.6. The minimum absolute atomic E-state index is 0.00210. The van der Waals surface area contributed by atoms with E-state index in [9.17, 15) is 4.79 Å². The molecule has 4 heteroatoms. The number of aryl methyl sites for hydroxylation is 1. The second kappa shape index (κ2) is 9.40. The fourth-order valence-electron chi connectivity index (χ4n) is 4.28. The van der Waals surface area contributed by atoms with Crippen LogP contribution in [-0.2, 0) is 11.2 Å². The summed E-state index contributed by atoms with van der Waals surface area (Å²) in [5.74, 6) is -0.139. The van der Waals surface area contributed by atoms with Crippen LogP contribution in [0.15, 0.2) is 79.0 Å². The predicted molar refractivity (Wildman–Crippen MR) is 129 cm³/mol. The second-order valence-electron chi connectivity index (χ2n) is 7.92. The molecule has 0 radical (unpaired) electrons. The number of benzene rings is 3. The number of rotatable bonds is 7. The molecule has 2 atom stereocenters. The van der Waals surface area contributed by atoms with E-state index in [1.54, 1.807) is 0 Å². The van der Waals surface area contributed by atoms with Gasteiger partial charge in [0.15, 0.2) is 0 Å². The van der Waals surface area contributed by atoms with Crippen molar-refractivity contribution >= 4 is 28.4 Å². The third-order valence-corrected chi connectivity index (χ3v) is 6.28. The molecule has 0 unspecified atom stereocenters. The van der Waals surface area contributed by atoms with Crippen molar-refractivity contribution in [3.05, 3.63) is 106 Å².